The zero-order chi connectivity index (χ0) is 13.1. The molecule has 3 rings (SSSR count). The van der Waals surface area contributed by atoms with E-state index in [9.17, 15) is 4.79 Å². The summed E-state index contributed by atoms with van der Waals surface area (Å²) in [6.07, 6.45) is 8.91. The molecule has 2 aliphatic rings. The molecule has 0 radical (unpaired) electrons. The Balaban J connectivity index is 1.70. The minimum Gasteiger partial charge on any atom is -0.382 e. The molecule has 0 aromatic carbocycles. The fourth-order valence-electron chi connectivity index (χ4n) is 2.54. The highest BCUT2D eigenvalue weighted by molar-refractivity contribution is 5.93. The summed E-state index contributed by atoms with van der Waals surface area (Å²) in [6.45, 7) is 1.75. The van der Waals surface area contributed by atoms with E-state index in [1.807, 2.05) is 17.0 Å². The van der Waals surface area contributed by atoms with Crippen LogP contribution in [-0.2, 0) is 0 Å². The predicted octanol–water partition coefficient (Wildman–Crippen LogP) is 2.67. The van der Waals surface area contributed by atoms with Gasteiger partial charge in [-0.15, -0.1) is 0 Å². The summed E-state index contributed by atoms with van der Waals surface area (Å²) < 4.78 is 0. The van der Waals surface area contributed by atoms with Crippen LogP contribution in [0.3, 0.4) is 0 Å². The first-order valence-corrected chi connectivity index (χ1v) is 7.35. The van der Waals surface area contributed by atoms with Gasteiger partial charge in [-0.25, -0.2) is 0 Å². The van der Waals surface area contributed by atoms with E-state index in [4.69, 9.17) is 0 Å². The SMILES string of the molecule is O=C(c1cc(NC2CC2)ccn1)N1CCCCCC1. The van der Waals surface area contributed by atoms with Gasteiger partial charge in [-0.3, -0.25) is 9.78 Å². The number of hydrogen-bond donors (Lipinski definition) is 1. The average molecular weight is 259 g/mol. The molecule has 2 fully saturated rings. The van der Waals surface area contributed by atoms with E-state index in [0.717, 1.165) is 31.6 Å². The Kier molecular flexibility index (Phi) is 3.67. The number of nitrogens with one attached hydrogen (secondary N) is 1. The largest absolute Gasteiger partial charge is 0.382 e. The number of anilines is 1. The van der Waals surface area contributed by atoms with Crippen molar-refractivity contribution in [3.63, 3.8) is 0 Å². The first kappa shape index (κ1) is 12.5. The molecule has 4 heteroatoms. The van der Waals surface area contributed by atoms with E-state index in [1.165, 1.54) is 25.7 Å². The molecule has 19 heavy (non-hydrogen) atoms. The van der Waals surface area contributed by atoms with Crippen molar-refractivity contribution in [1.29, 1.82) is 0 Å². The third-order valence-electron chi connectivity index (χ3n) is 3.82. The van der Waals surface area contributed by atoms with Crippen LogP contribution in [0.15, 0.2) is 18.3 Å². The number of carbonyl (C=O) groups is 1. The summed E-state index contributed by atoms with van der Waals surface area (Å²) >= 11 is 0. The van der Waals surface area contributed by atoms with Crippen LogP contribution < -0.4 is 5.32 Å². The zero-order valence-corrected chi connectivity index (χ0v) is 11.3. The molecule has 1 aromatic rings. The predicted molar refractivity (Wildman–Crippen MR) is 75.3 cm³/mol. The Bertz CT molecular complexity index is 448. The second-order valence-electron chi connectivity index (χ2n) is 5.55. The normalized spacial score (nSPS) is 19.9. The van der Waals surface area contributed by atoms with E-state index in [-0.39, 0.29) is 5.91 Å². The molecule has 102 valence electrons. The van der Waals surface area contributed by atoms with Crippen molar-refractivity contribution < 1.29 is 4.79 Å². The maximum atomic E-state index is 12.4. The van der Waals surface area contributed by atoms with Gasteiger partial charge < -0.3 is 10.2 Å². The summed E-state index contributed by atoms with van der Waals surface area (Å²) in [7, 11) is 0. The van der Waals surface area contributed by atoms with Crippen LogP contribution in [-0.4, -0.2) is 34.9 Å². The van der Waals surface area contributed by atoms with Gasteiger partial charge in [0, 0.05) is 31.0 Å². The number of likely N-dealkylation sites (tertiary alicyclic amines) is 1. The van der Waals surface area contributed by atoms with Gasteiger partial charge in [0.2, 0.25) is 0 Å². The number of carbonyl (C=O) groups excluding carboxylic acids is 1. The van der Waals surface area contributed by atoms with E-state index in [1.54, 1.807) is 6.20 Å². The second kappa shape index (κ2) is 5.59. The van der Waals surface area contributed by atoms with Crippen LogP contribution in [0.2, 0.25) is 0 Å². The van der Waals surface area contributed by atoms with Gasteiger partial charge in [-0.05, 0) is 37.8 Å². The standard InChI is InChI=1S/C15H21N3O/c19-15(18-9-3-1-2-4-10-18)14-11-13(7-8-16-14)17-12-5-6-12/h7-8,11-12H,1-6,9-10H2,(H,16,17). The third-order valence-corrected chi connectivity index (χ3v) is 3.82. The lowest BCUT2D eigenvalue weighted by molar-refractivity contribution is 0.0756. The van der Waals surface area contributed by atoms with Gasteiger partial charge in [0.25, 0.3) is 5.91 Å². The van der Waals surface area contributed by atoms with Crippen molar-refractivity contribution in [3.05, 3.63) is 24.0 Å². The molecule has 1 saturated carbocycles. The first-order valence-electron chi connectivity index (χ1n) is 7.35. The number of pyridine rings is 1. The summed E-state index contributed by atoms with van der Waals surface area (Å²) in [5.41, 5.74) is 1.60. The van der Waals surface area contributed by atoms with Crippen LogP contribution >= 0.6 is 0 Å². The van der Waals surface area contributed by atoms with Crippen molar-refractivity contribution in [2.75, 3.05) is 18.4 Å². The highest BCUT2D eigenvalue weighted by atomic mass is 16.2. The van der Waals surface area contributed by atoms with Gasteiger partial charge in [0.15, 0.2) is 0 Å². The molecule has 0 spiro atoms. The molecule has 0 unspecified atom stereocenters. The smallest absolute Gasteiger partial charge is 0.272 e. The van der Waals surface area contributed by atoms with Crippen LogP contribution in [0.25, 0.3) is 0 Å². The van der Waals surface area contributed by atoms with Gasteiger partial charge in [-0.1, -0.05) is 12.8 Å². The van der Waals surface area contributed by atoms with E-state index in [0.29, 0.717) is 11.7 Å². The van der Waals surface area contributed by atoms with E-state index >= 15 is 0 Å². The molecule has 1 amide bonds. The molecule has 2 heterocycles. The first-order chi connectivity index (χ1) is 9.33. The lowest BCUT2D eigenvalue weighted by Crippen LogP contribution is -2.32. The highest BCUT2D eigenvalue weighted by Crippen LogP contribution is 2.24. The van der Waals surface area contributed by atoms with Crippen molar-refractivity contribution in [2.24, 2.45) is 0 Å². The number of amides is 1. The van der Waals surface area contributed by atoms with Crippen LogP contribution in [0.5, 0.6) is 0 Å². The molecule has 1 N–H and O–H groups in total. The number of aromatic nitrogens is 1. The number of nitrogens with zero attached hydrogens (tertiary/aromatic N) is 2. The summed E-state index contributed by atoms with van der Waals surface area (Å²) in [6, 6.07) is 4.44. The molecule has 1 aliphatic carbocycles. The van der Waals surface area contributed by atoms with E-state index < -0.39 is 0 Å². The summed E-state index contributed by atoms with van der Waals surface area (Å²) in [5.74, 6) is 0.0846. The fourth-order valence-corrected chi connectivity index (χ4v) is 2.54. The van der Waals surface area contributed by atoms with Crippen molar-refractivity contribution >= 4 is 11.6 Å². The average Bonchev–Trinajstić information content (AvgIpc) is 3.24. The molecule has 0 bridgehead atoms. The molecule has 1 saturated heterocycles. The maximum absolute atomic E-state index is 12.4. The quantitative estimate of drug-likeness (QED) is 0.907. The molecule has 0 atom stereocenters. The van der Waals surface area contributed by atoms with E-state index in [2.05, 4.69) is 10.3 Å². The molecule has 1 aromatic heterocycles. The summed E-state index contributed by atoms with van der Waals surface area (Å²) in [4.78, 5) is 18.6. The molecular formula is C15H21N3O. The Morgan fingerprint density at radius 2 is 1.95 bits per heavy atom. The fraction of sp³-hybridized carbons (Fsp3) is 0.600. The van der Waals surface area contributed by atoms with Gasteiger partial charge in [0.1, 0.15) is 5.69 Å². The topological polar surface area (TPSA) is 45.2 Å². The lowest BCUT2D eigenvalue weighted by atomic mass is 10.2. The Morgan fingerprint density at radius 3 is 2.63 bits per heavy atom. The molecule has 4 nitrogen and oxygen atoms in total. The minimum absolute atomic E-state index is 0.0846. The monoisotopic (exact) mass is 259 g/mol. The zero-order valence-electron chi connectivity index (χ0n) is 11.3. The number of rotatable bonds is 3. The van der Waals surface area contributed by atoms with Crippen LogP contribution in [0, 0.1) is 0 Å². The van der Waals surface area contributed by atoms with Crippen LogP contribution in [0.1, 0.15) is 49.0 Å². The third kappa shape index (κ3) is 3.25. The molecular weight excluding hydrogens is 238 g/mol. The van der Waals surface area contributed by atoms with Gasteiger partial charge >= 0.3 is 0 Å². The lowest BCUT2D eigenvalue weighted by Gasteiger charge is -2.20. The Hall–Kier alpha value is -1.58. The van der Waals surface area contributed by atoms with Crippen molar-refractivity contribution in [3.8, 4) is 0 Å². The number of hydrogen-bond acceptors (Lipinski definition) is 3. The Labute approximate surface area is 114 Å². The minimum atomic E-state index is 0.0846. The van der Waals surface area contributed by atoms with Gasteiger partial charge in [0.05, 0.1) is 0 Å². The van der Waals surface area contributed by atoms with Gasteiger partial charge in [-0.2, -0.15) is 0 Å². The summed E-state index contributed by atoms with van der Waals surface area (Å²) in [5, 5.41) is 3.42. The van der Waals surface area contributed by atoms with Crippen LogP contribution in [0.4, 0.5) is 5.69 Å². The second-order valence-corrected chi connectivity index (χ2v) is 5.55. The molecule has 1 aliphatic heterocycles. The van der Waals surface area contributed by atoms with Crippen molar-refractivity contribution in [2.45, 2.75) is 44.6 Å². The maximum Gasteiger partial charge on any atom is 0.272 e. The Morgan fingerprint density at radius 1 is 1.21 bits per heavy atom. The highest BCUT2D eigenvalue weighted by Gasteiger charge is 2.22. The van der Waals surface area contributed by atoms with Crippen molar-refractivity contribution in [1.82, 2.24) is 9.88 Å².